The number of rotatable bonds is 4. The fraction of sp³-hybridized carbons (Fsp3) is 0.375. The third-order valence-corrected chi connectivity index (χ3v) is 4.39. The van der Waals surface area contributed by atoms with Crippen LogP contribution in [0.15, 0.2) is 29.4 Å². The van der Waals surface area contributed by atoms with E-state index in [-0.39, 0.29) is 35.5 Å². The molecule has 1 aromatic heterocycles. The summed E-state index contributed by atoms with van der Waals surface area (Å²) in [6.07, 6.45) is 1.03. The maximum absolute atomic E-state index is 14.5. The molecule has 10 heteroatoms. The molecule has 0 bridgehead atoms. The topological polar surface area (TPSA) is 68.7 Å². The first kappa shape index (κ1) is 18.5. The van der Waals surface area contributed by atoms with Crippen molar-refractivity contribution in [3.63, 3.8) is 0 Å². The number of halogens is 4. The molecule has 0 spiro atoms. The van der Waals surface area contributed by atoms with Gasteiger partial charge in [-0.15, -0.1) is 5.10 Å². The van der Waals surface area contributed by atoms with Gasteiger partial charge in [-0.1, -0.05) is 11.6 Å². The molecular weight excluding hydrogens is 371 g/mol. The highest BCUT2D eigenvalue weighted by Crippen LogP contribution is 2.36. The van der Waals surface area contributed by atoms with Gasteiger partial charge in [0.2, 0.25) is 0 Å². The zero-order valence-electron chi connectivity index (χ0n) is 14.1. The van der Waals surface area contributed by atoms with E-state index in [0.717, 1.165) is 6.20 Å². The minimum atomic E-state index is -2.81. The molecule has 26 heavy (non-hydrogen) atoms. The van der Waals surface area contributed by atoms with Gasteiger partial charge in [-0.3, -0.25) is 4.99 Å². The second-order valence-corrected chi connectivity index (χ2v) is 6.56. The van der Waals surface area contributed by atoms with Gasteiger partial charge in [0, 0.05) is 18.3 Å². The zero-order chi connectivity index (χ0) is 19.1. The van der Waals surface area contributed by atoms with Gasteiger partial charge in [0.1, 0.15) is 28.8 Å². The first-order valence-electron chi connectivity index (χ1n) is 7.70. The summed E-state index contributed by atoms with van der Waals surface area (Å²) in [7, 11) is 1.60. The predicted molar refractivity (Wildman–Crippen MR) is 92.7 cm³/mol. The Labute approximate surface area is 153 Å². The van der Waals surface area contributed by atoms with Crippen molar-refractivity contribution < 1.29 is 17.9 Å². The highest BCUT2D eigenvalue weighted by molar-refractivity contribution is 6.33. The lowest BCUT2D eigenvalue weighted by molar-refractivity contribution is 0.0568. The Balaban J connectivity index is 2.01. The smallest absolute Gasteiger partial charge is 0.333 e. The Morgan fingerprint density at radius 1 is 1.42 bits per heavy atom. The van der Waals surface area contributed by atoms with E-state index in [1.54, 1.807) is 20.0 Å². The fourth-order valence-corrected chi connectivity index (χ4v) is 3.08. The molecule has 6 nitrogen and oxygen atoms in total. The van der Waals surface area contributed by atoms with Gasteiger partial charge >= 0.3 is 6.55 Å². The quantitative estimate of drug-likeness (QED) is 0.872. The summed E-state index contributed by atoms with van der Waals surface area (Å²) < 4.78 is 45.9. The molecule has 2 aromatic rings. The van der Waals surface area contributed by atoms with Crippen LogP contribution in [-0.2, 0) is 10.3 Å². The summed E-state index contributed by atoms with van der Waals surface area (Å²) in [6, 6.07) is 4.32. The number of alkyl halides is 2. The van der Waals surface area contributed by atoms with Crippen LogP contribution in [-0.4, -0.2) is 35.9 Å². The molecule has 0 amide bonds. The Morgan fingerprint density at radius 2 is 2.15 bits per heavy atom. The number of ether oxygens (including phenoxy) is 1. The fourth-order valence-electron chi connectivity index (χ4n) is 2.82. The van der Waals surface area contributed by atoms with Gasteiger partial charge in [-0.05, 0) is 25.1 Å². The molecule has 2 N–H and O–H groups in total. The monoisotopic (exact) mass is 387 g/mol. The van der Waals surface area contributed by atoms with Crippen LogP contribution >= 0.6 is 11.6 Å². The number of amidine groups is 1. The van der Waals surface area contributed by atoms with Crippen molar-refractivity contribution in [2.45, 2.75) is 19.0 Å². The maximum Gasteiger partial charge on any atom is 0.333 e. The summed E-state index contributed by atoms with van der Waals surface area (Å²) >= 11 is 6.01. The van der Waals surface area contributed by atoms with Gasteiger partial charge in [-0.25, -0.2) is 9.07 Å². The number of hydrogen-bond donors (Lipinski definition) is 1. The number of benzene rings is 1. The SMILES string of the molecule is CN(c1ccc(F)c(C2(C)COCC(N)=N2)c1)c1nn(C(F)F)cc1Cl. The molecular formula is C16H17ClF3N5O. The van der Waals surface area contributed by atoms with Crippen LogP contribution in [0.3, 0.4) is 0 Å². The molecule has 0 saturated heterocycles. The van der Waals surface area contributed by atoms with E-state index >= 15 is 0 Å². The van der Waals surface area contributed by atoms with Crippen LogP contribution in [0.1, 0.15) is 19.0 Å². The van der Waals surface area contributed by atoms with E-state index in [1.165, 1.54) is 17.0 Å². The summed E-state index contributed by atoms with van der Waals surface area (Å²) in [5.74, 6) is -0.0795. The Morgan fingerprint density at radius 3 is 2.77 bits per heavy atom. The normalized spacial score (nSPS) is 20.3. The molecule has 2 heterocycles. The third-order valence-electron chi connectivity index (χ3n) is 4.13. The van der Waals surface area contributed by atoms with Crippen molar-refractivity contribution in [2.24, 2.45) is 10.7 Å². The molecule has 0 radical (unpaired) electrons. The first-order chi connectivity index (χ1) is 12.2. The molecule has 1 aliphatic rings. The number of aromatic nitrogens is 2. The van der Waals surface area contributed by atoms with E-state index in [4.69, 9.17) is 22.1 Å². The van der Waals surface area contributed by atoms with Crippen LogP contribution in [0.5, 0.6) is 0 Å². The molecule has 1 aromatic carbocycles. The van der Waals surface area contributed by atoms with Crippen LogP contribution in [0.2, 0.25) is 5.02 Å². The standard InChI is InChI=1S/C16H17ClF3N5O/c1-16(8-26-7-13(21)22-16)10-5-9(3-4-12(10)18)24(2)14-11(17)6-25(23-14)15(19)20/h3-6,15H,7-8H2,1-2H3,(H2,21,22). The number of hydrogen-bond acceptors (Lipinski definition) is 5. The summed E-state index contributed by atoms with van der Waals surface area (Å²) in [4.78, 5) is 5.82. The maximum atomic E-state index is 14.5. The minimum absolute atomic E-state index is 0.0492. The van der Waals surface area contributed by atoms with Crippen LogP contribution < -0.4 is 10.6 Å². The molecule has 3 rings (SSSR count). The highest BCUT2D eigenvalue weighted by Gasteiger charge is 2.33. The van der Waals surface area contributed by atoms with Crippen molar-refractivity contribution >= 4 is 28.9 Å². The summed E-state index contributed by atoms with van der Waals surface area (Å²) in [6.45, 7) is -0.746. The molecule has 1 unspecified atom stereocenters. The van der Waals surface area contributed by atoms with Crippen molar-refractivity contribution in [3.8, 4) is 0 Å². The average Bonchev–Trinajstić information content (AvgIpc) is 2.96. The number of nitrogens with two attached hydrogens (primary N) is 1. The average molecular weight is 388 g/mol. The van der Waals surface area contributed by atoms with Gasteiger partial charge in [0.05, 0.1) is 12.8 Å². The Bertz CT molecular complexity index is 856. The molecule has 0 saturated carbocycles. The summed E-state index contributed by atoms with van der Waals surface area (Å²) in [5, 5.41) is 3.82. The van der Waals surface area contributed by atoms with E-state index in [2.05, 4.69) is 10.1 Å². The molecule has 1 atom stereocenters. The second kappa shape index (κ2) is 6.81. The molecule has 0 aliphatic carbocycles. The van der Waals surface area contributed by atoms with Crippen LogP contribution in [0.25, 0.3) is 0 Å². The van der Waals surface area contributed by atoms with Crippen molar-refractivity contribution in [1.82, 2.24) is 9.78 Å². The van der Waals surface area contributed by atoms with Gasteiger partial charge < -0.3 is 15.4 Å². The van der Waals surface area contributed by atoms with E-state index < -0.39 is 17.9 Å². The largest absolute Gasteiger partial charge is 0.386 e. The zero-order valence-corrected chi connectivity index (χ0v) is 14.8. The third kappa shape index (κ3) is 3.36. The lowest BCUT2D eigenvalue weighted by Gasteiger charge is -2.31. The predicted octanol–water partition coefficient (Wildman–Crippen LogP) is 3.44. The van der Waals surface area contributed by atoms with Gasteiger partial charge in [0.15, 0.2) is 5.82 Å². The Kier molecular flexibility index (Phi) is 4.85. The molecule has 1 aliphatic heterocycles. The van der Waals surface area contributed by atoms with E-state index in [1.807, 2.05) is 0 Å². The summed E-state index contributed by atoms with van der Waals surface area (Å²) in [5.41, 5.74) is 5.51. The molecule has 140 valence electrons. The van der Waals surface area contributed by atoms with Gasteiger partial charge in [0.25, 0.3) is 0 Å². The minimum Gasteiger partial charge on any atom is -0.386 e. The number of aliphatic imine (C=N–C) groups is 1. The number of nitrogens with zero attached hydrogens (tertiary/aromatic N) is 4. The highest BCUT2D eigenvalue weighted by atomic mass is 35.5. The second-order valence-electron chi connectivity index (χ2n) is 6.15. The lowest BCUT2D eigenvalue weighted by Crippen LogP contribution is -2.38. The lowest BCUT2D eigenvalue weighted by atomic mass is 9.91. The van der Waals surface area contributed by atoms with Crippen LogP contribution in [0.4, 0.5) is 24.7 Å². The van der Waals surface area contributed by atoms with Gasteiger partial charge in [-0.2, -0.15) is 8.78 Å². The first-order valence-corrected chi connectivity index (χ1v) is 8.07. The van der Waals surface area contributed by atoms with E-state index in [9.17, 15) is 13.2 Å². The van der Waals surface area contributed by atoms with Crippen molar-refractivity contribution in [2.75, 3.05) is 25.2 Å². The van der Waals surface area contributed by atoms with Crippen molar-refractivity contribution in [3.05, 3.63) is 40.8 Å². The number of anilines is 2. The van der Waals surface area contributed by atoms with Crippen LogP contribution in [0, 0.1) is 5.82 Å². The van der Waals surface area contributed by atoms with E-state index in [0.29, 0.717) is 10.4 Å². The van der Waals surface area contributed by atoms with Crippen molar-refractivity contribution in [1.29, 1.82) is 0 Å². The Hall–Kier alpha value is -2.26. The molecule has 0 fully saturated rings.